The molecule has 2 aromatic carbocycles. The largest absolute Gasteiger partial charge is 0.497 e. The number of carbonyl (C=O) groups is 1. The van der Waals surface area contributed by atoms with E-state index in [-0.39, 0.29) is 6.03 Å². The molecule has 9 heteroatoms. The van der Waals surface area contributed by atoms with Gasteiger partial charge in [0.1, 0.15) is 17.2 Å². The Morgan fingerprint density at radius 1 is 0.848 bits per heavy atom. The Kier molecular flexibility index (Phi) is 6.77. The molecule has 1 aliphatic heterocycles. The van der Waals surface area contributed by atoms with E-state index in [1.54, 1.807) is 44.4 Å². The molecule has 172 valence electrons. The number of benzene rings is 2. The molecule has 0 saturated carbocycles. The lowest BCUT2D eigenvalue weighted by Crippen LogP contribution is -2.50. The van der Waals surface area contributed by atoms with Gasteiger partial charge in [0.15, 0.2) is 5.82 Å². The van der Waals surface area contributed by atoms with Gasteiger partial charge in [0.05, 0.1) is 32.7 Å². The maximum atomic E-state index is 12.8. The molecule has 0 unspecified atom stereocenters. The number of amides is 2. The van der Waals surface area contributed by atoms with Crippen LogP contribution in [0.15, 0.2) is 54.6 Å². The van der Waals surface area contributed by atoms with E-state index in [1.807, 2.05) is 36.4 Å². The minimum absolute atomic E-state index is 0.171. The molecule has 1 aromatic heterocycles. The predicted molar refractivity (Wildman–Crippen MR) is 126 cm³/mol. The number of hydrogen-bond donors (Lipinski definition) is 1. The fraction of sp³-hybridized carbons (Fsp3) is 0.292. The predicted octanol–water partition coefficient (Wildman–Crippen LogP) is 3.52. The smallest absolute Gasteiger partial charge is 0.322 e. The number of carbonyl (C=O) groups excluding carboxylic acids is 1. The average molecular weight is 450 g/mol. The average Bonchev–Trinajstić information content (AvgIpc) is 2.89. The molecule has 9 nitrogen and oxygen atoms in total. The van der Waals surface area contributed by atoms with Gasteiger partial charge in [-0.3, -0.25) is 0 Å². The number of urea groups is 1. The van der Waals surface area contributed by atoms with Gasteiger partial charge in [-0.25, -0.2) is 4.79 Å². The van der Waals surface area contributed by atoms with Crippen molar-refractivity contribution in [3.63, 3.8) is 0 Å². The second-order valence-corrected chi connectivity index (χ2v) is 7.45. The lowest BCUT2D eigenvalue weighted by molar-refractivity contribution is 0.208. The van der Waals surface area contributed by atoms with E-state index in [9.17, 15) is 4.79 Å². The quantitative estimate of drug-likeness (QED) is 0.616. The molecular weight excluding hydrogens is 422 g/mol. The number of ether oxygens (including phenoxy) is 3. The Morgan fingerprint density at radius 3 is 2.27 bits per heavy atom. The highest BCUT2D eigenvalue weighted by Gasteiger charge is 2.23. The molecule has 1 fully saturated rings. The van der Waals surface area contributed by atoms with E-state index in [0.29, 0.717) is 43.4 Å². The minimum atomic E-state index is -0.171. The van der Waals surface area contributed by atoms with Gasteiger partial charge in [-0.05, 0) is 36.4 Å². The summed E-state index contributed by atoms with van der Waals surface area (Å²) in [7, 11) is 4.79. The number of anilines is 2. The summed E-state index contributed by atoms with van der Waals surface area (Å²) in [5.41, 5.74) is 2.25. The summed E-state index contributed by atoms with van der Waals surface area (Å²) in [6.07, 6.45) is 0. The molecule has 0 bridgehead atoms. The van der Waals surface area contributed by atoms with Crippen molar-refractivity contribution in [1.29, 1.82) is 0 Å². The van der Waals surface area contributed by atoms with Gasteiger partial charge in [0.25, 0.3) is 0 Å². The van der Waals surface area contributed by atoms with E-state index >= 15 is 0 Å². The van der Waals surface area contributed by atoms with Gasteiger partial charge < -0.3 is 29.3 Å². The van der Waals surface area contributed by atoms with Crippen LogP contribution in [0.2, 0.25) is 0 Å². The summed E-state index contributed by atoms with van der Waals surface area (Å²) in [6, 6.07) is 16.7. The first-order valence-electron chi connectivity index (χ1n) is 10.6. The normalized spacial score (nSPS) is 13.4. The van der Waals surface area contributed by atoms with Crippen LogP contribution in [0, 0.1) is 0 Å². The van der Waals surface area contributed by atoms with Gasteiger partial charge in [-0.2, -0.15) is 0 Å². The van der Waals surface area contributed by atoms with Gasteiger partial charge >= 0.3 is 6.03 Å². The molecule has 1 N–H and O–H groups in total. The molecule has 0 atom stereocenters. The van der Waals surface area contributed by atoms with Crippen molar-refractivity contribution < 1.29 is 19.0 Å². The minimum Gasteiger partial charge on any atom is -0.497 e. The van der Waals surface area contributed by atoms with E-state index < -0.39 is 0 Å². The van der Waals surface area contributed by atoms with Crippen LogP contribution in [-0.2, 0) is 0 Å². The van der Waals surface area contributed by atoms with Crippen LogP contribution < -0.4 is 24.4 Å². The van der Waals surface area contributed by atoms with E-state index in [1.165, 1.54) is 0 Å². The first-order valence-corrected chi connectivity index (χ1v) is 10.6. The van der Waals surface area contributed by atoms with Crippen LogP contribution >= 0.6 is 0 Å². The first-order chi connectivity index (χ1) is 16.1. The molecular formula is C24H27N5O4. The molecule has 0 aliphatic carbocycles. The fourth-order valence-corrected chi connectivity index (χ4v) is 3.73. The molecule has 3 aromatic rings. The third-order valence-electron chi connectivity index (χ3n) is 5.57. The highest BCUT2D eigenvalue weighted by molar-refractivity contribution is 5.91. The number of nitrogens with zero attached hydrogens (tertiary/aromatic N) is 4. The van der Waals surface area contributed by atoms with Gasteiger partial charge in [0.2, 0.25) is 0 Å². The second kappa shape index (κ2) is 10.1. The molecule has 1 saturated heterocycles. The molecule has 2 amide bonds. The molecule has 0 spiro atoms. The summed E-state index contributed by atoms with van der Waals surface area (Å²) >= 11 is 0. The molecule has 2 heterocycles. The van der Waals surface area contributed by atoms with E-state index in [0.717, 1.165) is 22.8 Å². The SMILES string of the molecule is COc1ccc(NC(=O)N2CCN(c3ccc(-c4ccccc4OC)nn3)CC2)c(OC)c1. The maximum absolute atomic E-state index is 12.8. The molecule has 4 rings (SSSR count). The van der Waals surface area contributed by atoms with Crippen molar-refractivity contribution in [2.75, 3.05) is 57.7 Å². The summed E-state index contributed by atoms with van der Waals surface area (Å²) in [4.78, 5) is 16.7. The summed E-state index contributed by atoms with van der Waals surface area (Å²) < 4.78 is 16.0. The number of para-hydroxylation sites is 1. The lowest BCUT2D eigenvalue weighted by Gasteiger charge is -2.35. The fourth-order valence-electron chi connectivity index (χ4n) is 3.73. The lowest BCUT2D eigenvalue weighted by atomic mass is 10.1. The van der Waals surface area contributed by atoms with Crippen LogP contribution in [0.25, 0.3) is 11.3 Å². The van der Waals surface area contributed by atoms with Crippen molar-refractivity contribution in [2.24, 2.45) is 0 Å². The molecule has 33 heavy (non-hydrogen) atoms. The monoisotopic (exact) mass is 449 g/mol. The van der Waals surface area contributed by atoms with E-state index in [2.05, 4.69) is 20.4 Å². The van der Waals surface area contributed by atoms with Crippen LogP contribution in [0.5, 0.6) is 17.2 Å². The van der Waals surface area contributed by atoms with Gasteiger partial charge in [-0.1, -0.05) is 12.1 Å². The number of rotatable bonds is 6. The first kappa shape index (κ1) is 22.2. The van der Waals surface area contributed by atoms with Crippen molar-refractivity contribution >= 4 is 17.5 Å². The van der Waals surface area contributed by atoms with Gasteiger partial charge in [-0.15, -0.1) is 10.2 Å². The number of aromatic nitrogens is 2. The van der Waals surface area contributed by atoms with Crippen LogP contribution in [0.4, 0.5) is 16.3 Å². The Morgan fingerprint density at radius 2 is 1.61 bits per heavy atom. The van der Waals surface area contributed by atoms with Gasteiger partial charge in [0, 0.05) is 37.8 Å². The zero-order chi connectivity index (χ0) is 23.2. The van der Waals surface area contributed by atoms with Crippen LogP contribution in [0.3, 0.4) is 0 Å². The molecule has 0 radical (unpaired) electrons. The molecule has 1 aliphatic rings. The van der Waals surface area contributed by atoms with Crippen molar-refractivity contribution in [2.45, 2.75) is 0 Å². The van der Waals surface area contributed by atoms with Crippen LogP contribution in [-0.4, -0.2) is 68.6 Å². The Balaban J connectivity index is 1.36. The highest BCUT2D eigenvalue weighted by atomic mass is 16.5. The third-order valence-corrected chi connectivity index (χ3v) is 5.57. The Labute approximate surface area is 192 Å². The Hall–Kier alpha value is -4.01. The van der Waals surface area contributed by atoms with Crippen molar-refractivity contribution in [1.82, 2.24) is 15.1 Å². The second-order valence-electron chi connectivity index (χ2n) is 7.45. The van der Waals surface area contributed by atoms with Crippen molar-refractivity contribution in [3.05, 3.63) is 54.6 Å². The highest BCUT2D eigenvalue weighted by Crippen LogP contribution is 2.30. The summed E-state index contributed by atoms with van der Waals surface area (Å²) in [5.74, 6) is 2.75. The zero-order valence-corrected chi connectivity index (χ0v) is 18.9. The third kappa shape index (κ3) is 4.92. The van der Waals surface area contributed by atoms with Crippen molar-refractivity contribution in [3.8, 4) is 28.5 Å². The summed E-state index contributed by atoms with van der Waals surface area (Å²) in [5, 5.41) is 11.7. The summed E-state index contributed by atoms with van der Waals surface area (Å²) in [6.45, 7) is 2.46. The maximum Gasteiger partial charge on any atom is 0.322 e. The zero-order valence-electron chi connectivity index (χ0n) is 18.9. The number of nitrogens with one attached hydrogen (secondary N) is 1. The standard InChI is InChI=1S/C24H27N5O4/c1-31-17-8-9-20(22(16-17)33-3)25-24(30)29-14-12-28(13-15-29)23-11-10-19(26-27-23)18-6-4-5-7-21(18)32-2/h4-11,16H,12-15H2,1-3H3,(H,25,30). The van der Waals surface area contributed by atoms with E-state index in [4.69, 9.17) is 14.2 Å². The number of hydrogen-bond acceptors (Lipinski definition) is 7. The topological polar surface area (TPSA) is 89.1 Å². The Bertz CT molecular complexity index is 1100. The van der Waals surface area contributed by atoms with Crippen LogP contribution in [0.1, 0.15) is 0 Å². The number of methoxy groups -OCH3 is 3. The number of piperazine rings is 1.